The van der Waals surface area contributed by atoms with Gasteiger partial charge in [-0.25, -0.2) is 0 Å². The molecule has 0 radical (unpaired) electrons. The summed E-state index contributed by atoms with van der Waals surface area (Å²) in [5.74, 6) is 0.486. The quantitative estimate of drug-likeness (QED) is 0.716. The van der Waals surface area contributed by atoms with Crippen molar-refractivity contribution in [3.8, 4) is 5.75 Å². The van der Waals surface area contributed by atoms with E-state index in [1.165, 1.54) is 6.07 Å². The summed E-state index contributed by atoms with van der Waals surface area (Å²) in [6.07, 6.45) is 1.79. The number of nitrogens with zero attached hydrogens (tertiary/aromatic N) is 1. The van der Waals surface area contributed by atoms with Crippen LogP contribution >= 0.6 is 0 Å². The second-order valence-corrected chi connectivity index (χ2v) is 3.43. The molecule has 1 aliphatic heterocycles. The molecule has 0 N–H and O–H groups in total. The Morgan fingerprint density at radius 3 is 3.33 bits per heavy atom. The maximum atomic E-state index is 7.84. The first-order valence-corrected chi connectivity index (χ1v) is 4.85. The van der Waals surface area contributed by atoms with Crippen LogP contribution in [0.2, 0.25) is 0 Å². The largest absolute Gasteiger partial charge is 0.490 e. The van der Waals surface area contributed by atoms with Crippen LogP contribution in [0.4, 0.5) is 0 Å². The van der Waals surface area contributed by atoms with Crippen LogP contribution in [0.1, 0.15) is 2.74 Å². The summed E-state index contributed by atoms with van der Waals surface area (Å²) < 4.78 is 26.3. The maximum Gasteiger partial charge on any atom is 0.128 e. The summed E-state index contributed by atoms with van der Waals surface area (Å²) in [7, 11) is 0. The number of aromatic nitrogens is 1. The standard InChI is InChI=1S/C12H11NO2/c1-4-11-10(3-2-6-13-11)12(5-1)15-8-9-7-14-9/h1-6,9H,7-8H2/t9-/m1/s1/i4D,5D. The highest BCUT2D eigenvalue weighted by atomic mass is 16.6. The number of ether oxygens (including phenoxy) is 2. The van der Waals surface area contributed by atoms with Crippen molar-refractivity contribution in [2.45, 2.75) is 6.10 Å². The van der Waals surface area contributed by atoms with Gasteiger partial charge in [-0.3, -0.25) is 4.98 Å². The van der Waals surface area contributed by atoms with Crippen LogP contribution in [0.15, 0.2) is 36.5 Å². The van der Waals surface area contributed by atoms with Crippen LogP contribution in [0.25, 0.3) is 10.9 Å². The highest BCUT2D eigenvalue weighted by Gasteiger charge is 2.23. The lowest BCUT2D eigenvalue weighted by Crippen LogP contribution is -2.04. The zero-order valence-corrected chi connectivity index (χ0v) is 8.06. The van der Waals surface area contributed by atoms with Crippen molar-refractivity contribution in [3.63, 3.8) is 0 Å². The molecule has 1 saturated heterocycles. The molecule has 3 heteroatoms. The molecule has 0 unspecified atom stereocenters. The van der Waals surface area contributed by atoms with Crippen LogP contribution in [-0.2, 0) is 4.74 Å². The summed E-state index contributed by atoms with van der Waals surface area (Å²) in [6.45, 7) is 1.17. The number of benzene rings is 1. The van der Waals surface area contributed by atoms with Gasteiger partial charge in [-0.05, 0) is 24.2 Å². The Hall–Kier alpha value is -1.61. The van der Waals surface area contributed by atoms with Crippen molar-refractivity contribution in [2.24, 2.45) is 0 Å². The molecule has 3 rings (SSSR count). The van der Waals surface area contributed by atoms with Crippen molar-refractivity contribution in [3.05, 3.63) is 36.5 Å². The minimum absolute atomic E-state index is 0.150. The lowest BCUT2D eigenvalue weighted by molar-refractivity contribution is 0.265. The average Bonchev–Trinajstić information content (AvgIpc) is 3.13. The topological polar surface area (TPSA) is 34.6 Å². The van der Waals surface area contributed by atoms with Crippen LogP contribution in [-0.4, -0.2) is 24.3 Å². The fourth-order valence-corrected chi connectivity index (χ4v) is 1.41. The predicted molar refractivity (Wildman–Crippen MR) is 57.0 cm³/mol. The van der Waals surface area contributed by atoms with E-state index in [1.54, 1.807) is 12.3 Å². The van der Waals surface area contributed by atoms with Crippen LogP contribution in [0, 0.1) is 0 Å². The van der Waals surface area contributed by atoms with Gasteiger partial charge < -0.3 is 9.47 Å². The highest BCUT2D eigenvalue weighted by Crippen LogP contribution is 2.24. The Labute approximate surface area is 90.5 Å². The van der Waals surface area contributed by atoms with Gasteiger partial charge in [0, 0.05) is 11.6 Å². The number of hydrogen-bond donors (Lipinski definition) is 0. The molecular weight excluding hydrogens is 190 g/mol. The average molecular weight is 203 g/mol. The maximum absolute atomic E-state index is 7.84. The number of hydrogen-bond acceptors (Lipinski definition) is 3. The van der Waals surface area contributed by atoms with Crippen LogP contribution in [0.5, 0.6) is 5.75 Å². The number of pyridine rings is 1. The fraction of sp³-hybridized carbons (Fsp3) is 0.250. The smallest absolute Gasteiger partial charge is 0.128 e. The van der Waals surface area contributed by atoms with Crippen LogP contribution < -0.4 is 4.74 Å². The molecule has 1 aliphatic rings. The van der Waals surface area contributed by atoms with Crippen molar-refractivity contribution in [2.75, 3.05) is 13.2 Å². The lowest BCUT2D eigenvalue weighted by Gasteiger charge is -2.06. The summed E-state index contributed by atoms with van der Waals surface area (Å²) in [5.41, 5.74) is 0.565. The predicted octanol–water partition coefficient (Wildman–Crippen LogP) is 2.01. The first kappa shape index (κ1) is 6.80. The van der Waals surface area contributed by atoms with Gasteiger partial charge in [-0.1, -0.05) is 6.07 Å². The molecule has 2 heterocycles. The van der Waals surface area contributed by atoms with E-state index in [0.29, 0.717) is 23.3 Å². The first-order chi connectivity index (χ1) is 8.25. The fourth-order valence-electron chi connectivity index (χ4n) is 1.41. The third-order valence-electron chi connectivity index (χ3n) is 2.28. The second kappa shape index (κ2) is 3.51. The summed E-state index contributed by atoms with van der Waals surface area (Å²) in [5, 5.41) is 0.714. The second-order valence-electron chi connectivity index (χ2n) is 3.43. The highest BCUT2D eigenvalue weighted by molar-refractivity contribution is 5.84. The number of rotatable bonds is 3. The first-order valence-electron chi connectivity index (χ1n) is 5.85. The SMILES string of the molecule is [2H]c1cc([2H])c2ncccc2c1OC[C@H]1CO1. The zero-order chi connectivity index (χ0) is 11.8. The number of fused-ring (bicyclic) bond motifs is 1. The molecule has 76 valence electrons. The minimum Gasteiger partial charge on any atom is -0.490 e. The molecule has 15 heavy (non-hydrogen) atoms. The van der Waals surface area contributed by atoms with Crippen molar-refractivity contribution < 1.29 is 12.2 Å². The molecule has 2 aromatic rings. The van der Waals surface area contributed by atoms with E-state index < -0.39 is 0 Å². The molecular formula is C12H11NO2. The molecule has 0 aliphatic carbocycles. The molecule has 0 bridgehead atoms. The molecule has 1 atom stereocenters. The van der Waals surface area contributed by atoms with Crippen molar-refractivity contribution in [1.29, 1.82) is 0 Å². The van der Waals surface area contributed by atoms with E-state index in [9.17, 15) is 0 Å². The van der Waals surface area contributed by atoms with Gasteiger partial charge >= 0.3 is 0 Å². The summed E-state index contributed by atoms with van der Waals surface area (Å²) >= 11 is 0. The molecule has 1 fully saturated rings. The van der Waals surface area contributed by atoms with E-state index in [-0.39, 0.29) is 18.2 Å². The van der Waals surface area contributed by atoms with Gasteiger partial charge in [0.2, 0.25) is 0 Å². The van der Waals surface area contributed by atoms with Crippen molar-refractivity contribution >= 4 is 10.9 Å². The summed E-state index contributed by atoms with van der Waals surface area (Å²) in [4.78, 5) is 4.14. The Kier molecular flexibility index (Phi) is 1.59. The Bertz CT molecular complexity index is 570. The van der Waals surface area contributed by atoms with Gasteiger partial charge in [0.05, 0.1) is 14.9 Å². The van der Waals surface area contributed by atoms with Gasteiger partial charge in [-0.15, -0.1) is 0 Å². The molecule has 0 amide bonds. The Balaban J connectivity index is 2.07. The molecule has 1 aromatic carbocycles. The van der Waals surface area contributed by atoms with Crippen molar-refractivity contribution in [1.82, 2.24) is 4.98 Å². The normalized spacial score (nSPS) is 20.9. The van der Waals surface area contributed by atoms with E-state index in [2.05, 4.69) is 4.98 Å². The van der Waals surface area contributed by atoms with E-state index in [1.807, 2.05) is 6.07 Å². The van der Waals surface area contributed by atoms with Crippen LogP contribution in [0.3, 0.4) is 0 Å². The monoisotopic (exact) mass is 203 g/mol. The third kappa shape index (κ3) is 1.78. The molecule has 0 spiro atoms. The van der Waals surface area contributed by atoms with E-state index in [4.69, 9.17) is 12.2 Å². The van der Waals surface area contributed by atoms with E-state index >= 15 is 0 Å². The van der Waals surface area contributed by atoms with Gasteiger partial charge in [0.25, 0.3) is 0 Å². The molecule has 0 saturated carbocycles. The van der Waals surface area contributed by atoms with E-state index in [0.717, 1.165) is 6.61 Å². The summed E-state index contributed by atoms with van der Waals surface area (Å²) in [6, 6.07) is 5.53. The zero-order valence-electron chi connectivity index (χ0n) is 10.1. The van der Waals surface area contributed by atoms with Gasteiger partial charge in [0.15, 0.2) is 0 Å². The molecule has 3 nitrogen and oxygen atoms in total. The Morgan fingerprint density at radius 1 is 1.53 bits per heavy atom. The molecule has 1 aromatic heterocycles. The third-order valence-corrected chi connectivity index (χ3v) is 2.28. The van der Waals surface area contributed by atoms with Gasteiger partial charge in [0.1, 0.15) is 18.5 Å². The lowest BCUT2D eigenvalue weighted by atomic mass is 10.2. The number of epoxide rings is 1. The Morgan fingerprint density at radius 2 is 2.47 bits per heavy atom. The minimum atomic E-state index is 0.150. The van der Waals surface area contributed by atoms with Gasteiger partial charge in [-0.2, -0.15) is 0 Å².